The van der Waals surface area contributed by atoms with Gasteiger partial charge in [0.15, 0.2) is 0 Å². The first-order valence-electron chi connectivity index (χ1n) is 7.02. The molecule has 124 valence electrons. The van der Waals surface area contributed by atoms with Gasteiger partial charge >= 0.3 is 10.5 Å². The highest BCUT2D eigenvalue weighted by atomic mass is 32.3. The molecule has 0 aromatic heterocycles. The zero-order valence-electron chi connectivity index (χ0n) is 12.4. The largest absolute Gasteiger partial charge is 0.488 e. The van der Waals surface area contributed by atoms with Crippen molar-refractivity contribution >= 4 is 16.4 Å². The average molecular weight is 332 g/mol. The van der Waals surface area contributed by atoms with Crippen LogP contribution in [0.3, 0.4) is 0 Å². The van der Waals surface area contributed by atoms with E-state index in [1.807, 2.05) is 6.92 Å². The normalized spacial score (nSPS) is 12.7. The van der Waals surface area contributed by atoms with Gasteiger partial charge in [0.25, 0.3) is 0 Å². The maximum Gasteiger partial charge on any atom is 0.488 e. The second kappa shape index (κ2) is 8.70. The molecular weight excluding hydrogens is 311 g/mol. The van der Waals surface area contributed by atoms with Gasteiger partial charge in [0.1, 0.15) is 5.75 Å². The summed E-state index contributed by atoms with van der Waals surface area (Å²) in [5.74, 6) is -0.270. The van der Waals surface area contributed by atoms with Gasteiger partial charge in [-0.15, -0.1) is 0 Å². The van der Waals surface area contributed by atoms with Crippen molar-refractivity contribution in [1.29, 1.82) is 0 Å². The first kappa shape index (κ1) is 18.4. The van der Waals surface area contributed by atoms with Gasteiger partial charge < -0.3 is 15.2 Å². The number of rotatable bonds is 9. The SMILES string of the molecule is CC(CCCCN)NC(=O)Cc1ccc(OS(=O)(=O)F)cc1. The van der Waals surface area contributed by atoms with E-state index < -0.39 is 10.5 Å². The van der Waals surface area contributed by atoms with Crippen molar-refractivity contribution in [3.63, 3.8) is 0 Å². The molecule has 0 heterocycles. The summed E-state index contributed by atoms with van der Waals surface area (Å²) in [6, 6.07) is 5.69. The summed E-state index contributed by atoms with van der Waals surface area (Å²) >= 11 is 0. The van der Waals surface area contributed by atoms with Crippen LogP contribution in [-0.2, 0) is 21.7 Å². The minimum absolute atomic E-state index is 0.0679. The number of carbonyl (C=O) groups excluding carboxylic acids is 1. The number of benzene rings is 1. The molecule has 22 heavy (non-hydrogen) atoms. The van der Waals surface area contributed by atoms with Crippen LogP contribution in [0.15, 0.2) is 24.3 Å². The average Bonchev–Trinajstić information content (AvgIpc) is 2.39. The summed E-state index contributed by atoms with van der Waals surface area (Å²) < 4.78 is 37.1. The molecule has 0 aliphatic rings. The summed E-state index contributed by atoms with van der Waals surface area (Å²) in [5.41, 5.74) is 6.09. The minimum atomic E-state index is -5.03. The Kier molecular flexibility index (Phi) is 7.26. The highest BCUT2D eigenvalue weighted by molar-refractivity contribution is 7.81. The number of carbonyl (C=O) groups is 1. The lowest BCUT2D eigenvalue weighted by atomic mass is 10.1. The van der Waals surface area contributed by atoms with Crippen LogP contribution in [-0.4, -0.2) is 26.9 Å². The van der Waals surface area contributed by atoms with E-state index >= 15 is 0 Å². The number of amides is 1. The van der Waals surface area contributed by atoms with Crippen LogP contribution in [0.2, 0.25) is 0 Å². The summed E-state index contributed by atoms with van der Waals surface area (Å²) in [5, 5.41) is 2.87. The second-order valence-corrected chi connectivity index (χ2v) is 6.00. The number of nitrogens with two attached hydrogens (primary N) is 1. The third-order valence-corrected chi connectivity index (χ3v) is 3.37. The number of nitrogens with one attached hydrogen (secondary N) is 1. The Labute approximate surface area is 130 Å². The van der Waals surface area contributed by atoms with Crippen LogP contribution in [0.4, 0.5) is 3.89 Å². The summed E-state index contributed by atoms with van der Waals surface area (Å²) in [7, 11) is -5.03. The predicted octanol–water partition coefficient (Wildman–Crippen LogP) is 1.46. The number of unbranched alkanes of at least 4 members (excludes halogenated alkanes) is 1. The molecule has 1 rings (SSSR count). The molecule has 1 atom stereocenters. The van der Waals surface area contributed by atoms with Crippen LogP contribution < -0.4 is 15.2 Å². The molecule has 0 saturated heterocycles. The molecule has 1 aromatic carbocycles. The Morgan fingerprint density at radius 1 is 1.32 bits per heavy atom. The van der Waals surface area contributed by atoms with Gasteiger partial charge in [-0.1, -0.05) is 22.4 Å². The monoisotopic (exact) mass is 332 g/mol. The molecular formula is C14H21FN2O4S. The van der Waals surface area contributed by atoms with E-state index in [1.165, 1.54) is 24.3 Å². The minimum Gasteiger partial charge on any atom is -0.358 e. The predicted molar refractivity (Wildman–Crippen MR) is 81.3 cm³/mol. The standard InChI is InChI=1S/C14H21FN2O4S/c1-11(4-2-3-9-16)17-14(18)10-12-5-7-13(8-6-12)21-22(15,19)20/h5-8,11H,2-4,9-10,16H2,1H3,(H,17,18). The maximum absolute atomic E-state index is 12.3. The lowest BCUT2D eigenvalue weighted by Gasteiger charge is -2.13. The highest BCUT2D eigenvalue weighted by Crippen LogP contribution is 2.15. The Balaban J connectivity index is 2.44. The zero-order chi connectivity index (χ0) is 16.6. The number of hydrogen-bond donors (Lipinski definition) is 2. The topological polar surface area (TPSA) is 98.5 Å². The quantitative estimate of drug-likeness (QED) is 0.527. The maximum atomic E-state index is 12.3. The fraction of sp³-hybridized carbons (Fsp3) is 0.500. The van der Waals surface area contributed by atoms with Crippen molar-refractivity contribution in [2.24, 2.45) is 5.73 Å². The van der Waals surface area contributed by atoms with Crippen molar-refractivity contribution in [3.05, 3.63) is 29.8 Å². The van der Waals surface area contributed by atoms with Gasteiger partial charge in [-0.3, -0.25) is 4.79 Å². The van der Waals surface area contributed by atoms with E-state index in [9.17, 15) is 17.1 Å². The number of hydrogen-bond acceptors (Lipinski definition) is 5. The van der Waals surface area contributed by atoms with Crippen molar-refractivity contribution in [2.45, 2.75) is 38.6 Å². The van der Waals surface area contributed by atoms with Crippen LogP contribution in [0.1, 0.15) is 31.7 Å². The van der Waals surface area contributed by atoms with E-state index in [0.29, 0.717) is 12.1 Å². The Morgan fingerprint density at radius 2 is 1.95 bits per heavy atom. The van der Waals surface area contributed by atoms with Crippen molar-refractivity contribution in [1.82, 2.24) is 5.32 Å². The Morgan fingerprint density at radius 3 is 2.50 bits per heavy atom. The molecule has 1 unspecified atom stereocenters. The van der Waals surface area contributed by atoms with E-state index in [0.717, 1.165) is 19.3 Å². The van der Waals surface area contributed by atoms with Gasteiger partial charge in [-0.05, 0) is 44.0 Å². The molecule has 0 spiro atoms. The van der Waals surface area contributed by atoms with Crippen molar-refractivity contribution in [3.8, 4) is 5.75 Å². The van der Waals surface area contributed by atoms with Crippen LogP contribution in [0.25, 0.3) is 0 Å². The van der Waals surface area contributed by atoms with Crippen LogP contribution in [0, 0.1) is 0 Å². The second-order valence-electron chi connectivity index (χ2n) is 5.05. The van der Waals surface area contributed by atoms with Gasteiger partial charge in [-0.2, -0.15) is 8.42 Å². The van der Waals surface area contributed by atoms with Gasteiger partial charge in [0, 0.05) is 6.04 Å². The molecule has 3 N–H and O–H groups in total. The highest BCUT2D eigenvalue weighted by Gasteiger charge is 2.11. The lowest BCUT2D eigenvalue weighted by molar-refractivity contribution is -0.121. The number of halogens is 1. The molecule has 0 aliphatic heterocycles. The Hall–Kier alpha value is -1.67. The van der Waals surface area contributed by atoms with Gasteiger partial charge in [0.05, 0.1) is 6.42 Å². The van der Waals surface area contributed by atoms with Crippen LogP contribution >= 0.6 is 0 Å². The van der Waals surface area contributed by atoms with Crippen molar-refractivity contribution in [2.75, 3.05) is 6.54 Å². The van der Waals surface area contributed by atoms with E-state index in [-0.39, 0.29) is 24.1 Å². The van der Waals surface area contributed by atoms with Crippen LogP contribution in [0.5, 0.6) is 5.75 Å². The smallest absolute Gasteiger partial charge is 0.358 e. The molecule has 0 saturated carbocycles. The van der Waals surface area contributed by atoms with Crippen molar-refractivity contribution < 1.29 is 21.3 Å². The van der Waals surface area contributed by atoms with E-state index in [1.54, 1.807) is 0 Å². The molecule has 0 aliphatic carbocycles. The lowest BCUT2D eigenvalue weighted by Crippen LogP contribution is -2.33. The first-order chi connectivity index (χ1) is 10.3. The molecule has 6 nitrogen and oxygen atoms in total. The molecule has 0 bridgehead atoms. The van der Waals surface area contributed by atoms with Gasteiger partial charge in [-0.25, -0.2) is 0 Å². The summed E-state index contributed by atoms with van der Waals surface area (Å²) in [6.45, 7) is 2.57. The third-order valence-electron chi connectivity index (χ3n) is 2.98. The third kappa shape index (κ3) is 7.94. The molecule has 1 aromatic rings. The zero-order valence-corrected chi connectivity index (χ0v) is 13.2. The molecule has 0 fully saturated rings. The van der Waals surface area contributed by atoms with E-state index in [4.69, 9.17) is 5.73 Å². The first-order valence-corrected chi connectivity index (χ1v) is 8.33. The fourth-order valence-electron chi connectivity index (χ4n) is 1.96. The Bertz CT molecular complexity index is 575. The van der Waals surface area contributed by atoms with E-state index in [2.05, 4.69) is 9.50 Å². The molecule has 8 heteroatoms. The van der Waals surface area contributed by atoms with Gasteiger partial charge in [0.2, 0.25) is 5.91 Å². The summed E-state index contributed by atoms with van der Waals surface area (Å²) in [4.78, 5) is 11.8. The summed E-state index contributed by atoms with van der Waals surface area (Å²) in [6.07, 6.45) is 2.91. The molecule has 1 amide bonds. The molecule has 0 radical (unpaired) electrons. The fourth-order valence-corrected chi connectivity index (χ4v) is 2.30.